The van der Waals surface area contributed by atoms with Gasteiger partial charge in [0.05, 0.1) is 0 Å². The maximum absolute atomic E-state index is 6.01. The first-order valence-electron chi connectivity index (χ1n) is 4.93. The molecule has 1 nitrogen and oxygen atoms in total. The molecule has 2 rings (SSSR count). The Hall–Kier alpha value is -0.180. The molecule has 0 amide bonds. The zero-order chi connectivity index (χ0) is 9.97. The van der Waals surface area contributed by atoms with E-state index in [-0.39, 0.29) is 0 Å². The van der Waals surface area contributed by atoms with Crippen LogP contribution in [-0.2, 0) is 0 Å². The zero-order valence-corrected chi connectivity index (χ0v) is 9.52. The Morgan fingerprint density at radius 2 is 1.93 bits per heavy atom. The minimum atomic E-state index is 0.371. The Labute approximate surface area is 94.0 Å². The van der Waals surface area contributed by atoms with Crippen molar-refractivity contribution in [2.75, 3.05) is 0 Å². The summed E-state index contributed by atoms with van der Waals surface area (Å²) in [6.45, 7) is 0. The van der Waals surface area contributed by atoms with Crippen LogP contribution >= 0.6 is 23.4 Å². The standard InChI is InChI=1S/C11H14ClNS/c12-8-4-6-9(7-5-8)14-11-3-1-2-10(11)13/h4-7,10-11H,1-3,13H2. The third kappa shape index (κ3) is 2.44. The Bertz CT molecular complexity index is 299. The lowest BCUT2D eigenvalue weighted by atomic mass is 10.3. The molecule has 1 saturated carbocycles. The van der Waals surface area contributed by atoms with Crippen LogP contribution in [0.25, 0.3) is 0 Å². The van der Waals surface area contributed by atoms with Gasteiger partial charge in [-0.1, -0.05) is 18.0 Å². The van der Waals surface area contributed by atoms with Crippen LogP contribution in [0.4, 0.5) is 0 Å². The fraction of sp³-hybridized carbons (Fsp3) is 0.455. The molecule has 1 aromatic rings. The van der Waals surface area contributed by atoms with Crippen molar-refractivity contribution in [2.45, 2.75) is 35.4 Å². The molecule has 3 heteroatoms. The maximum Gasteiger partial charge on any atom is 0.0406 e. The fourth-order valence-corrected chi connectivity index (χ4v) is 3.15. The molecule has 14 heavy (non-hydrogen) atoms. The zero-order valence-electron chi connectivity index (χ0n) is 7.95. The van der Waals surface area contributed by atoms with Crippen molar-refractivity contribution >= 4 is 23.4 Å². The Morgan fingerprint density at radius 3 is 2.50 bits per heavy atom. The third-order valence-corrected chi connectivity index (χ3v) is 4.29. The van der Waals surface area contributed by atoms with Crippen molar-refractivity contribution in [3.63, 3.8) is 0 Å². The average Bonchev–Trinajstić information content (AvgIpc) is 2.56. The molecule has 1 aliphatic carbocycles. The lowest BCUT2D eigenvalue weighted by Crippen LogP contribution is -2.26. The van der Waals surface area contributed by atoms with Crippen molar-refractivity contribution in [3.05, 3.63) is 29.3 Å². The minimum absolute atomic E-state index is 0.371. The first-order chi connectivity index (χ1) is 6.75. The Balaban J connectivity index is 2.00. The maximum atomic E-state index is 6.01. The van der Waals surface area contributed by atoms with Crippen LogP contribution in [0.1, 0.15) is 19.3 Å². The largest absolute Gasteiger partial charge is 0.327 e. The van der Waals surface area contributed by atoms with E-state index in [2.05, 4.69) is 12.1 Å². The van der Waals surface area contributed by atoms with E-state index < -0.39 is 0 Å². The lowest BCUT2D eigenvalue weighted by molar-refractivity contribution is 0.716. The molecule has 0 heterocycles. The van der Waals surface area contributed by atoms with E-state index in [0.717, 1.165) is 5.02 Å². The monoisotopic (exact) mass is 227 g/mol. The molecular weight excluding hydrogens is 214 g/mol. The van der Waals surface area contributed by atoms with Crippen molar-refractivity contribution in [1.82, 2.24) is 0 Å². The van der Waals surface area contributed by atoms with Gasteiger partial charge in [0.1, 0.15) is 0 Å². The predicted molar refractivity (Wildman–Crippen MR) is 62.9 cm³/mol. The Morgan fingerprint density at radius 1 is 1.21 bits per heavy atom. The molecule has 0 spiro atoms. The van der Waals surface area contributed by atoms with Crippen LogP contribution in [0.15, 0.2) is 29.2 Å². The summed E-state index contributed by atoms with van der Waals surface area (Å²) in [6.07, 6.45) is 3.69. The van der Waals surface area contributed by atoms with Crippen LogP contribution in [0.3, 0.4) is 0 Å². The van der Waals surface area contributed by atoms with Crippen LogP contribution in [0.5, 0.6) is 0 Å². The molecular formula is C11H14ClNS. The molecule has 2 atom stereocenters. The van der Waals surface area contributed by atoms with Gasteiger partial charge in [-0.15, -0.1) is 11.8 Å². The van der Waals surface area contributed by atoms with E-state index in [4.69, 9.17) is 17.3 Å². The van der Waals surface area contributed by atoms with E-state index in [1.165, 1.54) is 24.2 Å². The van der Waals surface area contributed by atoms with Crippen molar-refractivity contribution in [2.24, 2.45) is 5.73 Å². The molecule has 0 aromatic heterocycles. The number of nitrogens with two attached hydrogens (primary N) is 1. The average molecular weight is 228 g/mol. The van der Waals surface area contributed by atoms with E-state index in [1.807, 2.05) is 23.9 Å². The van der Waals surface area contributed by atoms with Gasteiger partial charge in [0, 0.05) is 21.2 Å². The van der Waals surface area contributed by atoms with E-state index in [9.17, 15) is 0 Å². The molecule has 1 aliphatic rings. The van der Waals surface area contributed by atoms with Gasteiger partial charge in [0.25, 0.3) is 0 Å². The van der Waals surface area contributed by atoms with Gasteiger partial charge in [-0.25, -0.2) is 0 Å². The second-order valence-electron chi connectivity index (χ2n) is 3.70. The number of rotatable bonds is 2. The second-order valence-corrected chi connectivity index (χ2v) is 5.45. The van der Waals surface area contributed by atoms with Crippen LogP contribution in [0, 0.1) is 0 Å². The van der Waals surface area contributed by atoms with Gasteiger partial charge >= 0.3 is 0 Å². The van der Waals surface area contributed by atoms with Gasteiger partial charge < -0.3 is 5.73 Å². The summed E-state index contributed by atoms with van der Waals surface area (Å²) in [5.74, 6) is 0. The lowest BCUT2D eigenvalue weighted by Gasteiger charge is -2.14. The minimum Gasteiger partial charge on any atom is -0.327 e. The molecule has 76 valence electrons. The van der Waals surface area contributed by atoms with Gasteiger partial charge in [-0.2, -0.15) is 0 Å². The predicted octanol–water partition coefficient (Wildman–Crippen LogP) is 3.31. The quantitative estimate of drug-likeness (QED) is 0.839. The summed E-state index contributed by atoms with van der Waals surface area (Å²) < 4.78 is 0. The van der Waals surface area contributed by atoms with Gasteiger partial charge in [-0.3, -0.25) is 0 Å². The molecule has 0 aliphatic heterocycles. The van der Waals surface area contributed by atoms with Crippen molar-refractivity contribution in [3.8, 4) is 0 Å². The number of hydrogen-bond acceptors (Lipinski definition) is 2. The summed E-state index contributed by atoms with van der Waals surface area (Å²) in [4.78, 5) is 1.27. The van der Waals surface area contributed by atoms with Gasteiger partial charge in [0.2, 0.25) is 0 Å². The smallest absolute Gasteiger partial charge is 0.0406 e. The summed E-state index contributed by atoms with van der Waals surface area (Å²) in [5, 5.41) is 1.39. The molecule has 2 unspecified atom stereocenters. The number of thioether (sulfide) groups is 1. The topological polar surface area (TPSA) is 26.0 Å². The highest BCUT2D eigenvalue weighted by Gasteiger charge is 2.24. The normalized spacial score (nSPS) is 26.7. The highest BCUT2D eigenvalue weighted by molar-refractivity contribution is 8.00. The molecule has 2 N–H and O–H groups in total. The summed E-state index contributed by atoms with van der Waals surface area (Å²) >= 11 is 7.71. The van der Waals surface area contributed by atoms with E-state index in [1.54, 1.807) is 0 Å². The second kappa shape index (κ2) is 4.56. The number of hydrogen-bond donors (Lipinski definition) is 1. The van der Waals surface area contributed by atoms with Crippen LogP contribution in [-0.4, -0.2) is 11.3 Å². The number of halogens is 1. The highest BCUT2D eigenvalue weighted by Crippen LogP contribution is 2.34. The summed E-state index contributed by atoms with van der Waals surface area (Å²) in [7, 11) is 0. The van der Waals surface area contributed by atoms with Crippen molar-refractivity contribution in [1.29, 1.82) is 0 Å². The fourth-order valence-electron chi connectivity index (χ4n) is 1.79. The third-order valence-electron chi connectivity index (χ3n) is 2.60. The van der Waals surface area contributed by atoms with Gasteiger partial charge in [0.15, 0.2) is 0 Å². The van der Waals surface area contributed by atoms with Crippen molar-refractivity contribution < 1.29 is 0 Å². The van der Waals surface area contributed by atoms with Gasteiger partial charge in [-0.05, 0) is 37.1 Å². The molecule has 0 bridgehead atoms. The van der Waals surface area contributed by atoms with Crippen LogP contribution in [0.2, 0.25) is 5.02 Å². The Kier molecular flexibility index (Phi) is 3.37. The highest BCUT2D eigenvalue weighted by atomic mass is 35.5. The van der Waals surface area contributed by atoms with E-state index >= 15 is 0 Å². The van der Waals surface area contributed by atoms with E-state index in [0.29, 0.717) is 11.3 Å². The summed E-state index contributed by atoms with van der Waals surface area (Å²) in [6, 6.07) is 8.38. The SMILES string of the molecule is NC1CCCC1Sc1ccc(Cl)cc1. The molecule has 1 fully saturated rings. The first kappa shape index (κ1) is 10.3. The molecule has 0 radical (unpaired) electrons. The number of benzene rings is 1. The summed E-state index contributed by atoms with van der Waals surface area (Å²) in [5.41, 5.74) is 6.01. The first-order valence-corrected chi connectivity index (χ1v) is 6.19. The molecule has 1 aromatic carbocycles. The van der Waals surface area contributed by atoms with Crippen LogP contribution < -0.4 is 5.73 Å². The molecule has 0 saturated heterocycles.